The normalized spacial score (nSPS) is 22.3. The van der Waals surface area contributed by atoms with Crippen LogP contribution in [0.1, 0.15) is 35.2 Å². The molecule has 1 unspecified atom stereocenters. The fraction of sp³-hybridized carbons (Fsp3) is 0.412. The number of Topliss-reactive ketones (excluding diaryl/α,β-unsaturated/α-hetero) is 3. The van der Waals surface area contributed by atoms with Crippen LogP contribution in [0.4, 0.5) is 0 Å². The van der Waals surface area contributed by atoms with Crippen molar-refractivity contribution in [2.24, 2.45) is 11.1 Å². The Morgan fingerprint density at radius 2 is 1.96 bits per heavy atom. The van der Waals surface area contributed by atoms with E-state index in [9.17, 15) is 22.8 Å². The lowest BCUT2D eigenvalue weighted by molar-refractivity contribution is -0.133. The molecule has 0 spiro atoms. The molecule has 3 rings (SSSR count). The monoisotopic (exact) mass is 429 g/mol. The molecule has 0 amide bonds. The Bertz CT molecular complexity index is 940. The van der Waals surface area contributed by atoms with Crippen molar-refractivity contribution in [3.63, 3.8) is 0 Å². The van der Waals surface area contributed by atoms with E-state index in [1.54, 1.807) is 0 Å². The molecule has 1 aliphatic heterocycles. The smallest absolute Gasteiger partial charge is 0.191 e. The summed E-state index contributed by atoms with van der Waals surface area (Å²) in [7, 11) is -3.65. The predicted octanol–water partition coefficient (Wildman–Crippen LogP) is 2.31. The van der Waals surface area contributed by atoms with Crippen molar-refractivity contribution >= 4 is 56.8 Å². The maximum absolute atomic E-state index is 12.8. The highest BCUT2D eigenvalue weighted by molar-refractivity contribution is 8.14. The van der Waals surface area contributed by atoms with Crippen molar-refractivity contribution in [1.29, 1.82) is 0 Å². The van der Waals surface area contributed by atoms with Crippen LogP contribution < -0.4 is 0 Å². The molecule has 1 aliphatic carbocycles. The van der Waals surface area contributed by atoms with Gasteiger partial charge in [-0.25, -0.2) is 8.42 Å². The largest absolute Gasteiger partial charge is 0.411 e. The van der Waals surface area contributed by atoms with Crippen molar-refractivity contribution in [3.05, 3.63) is 28.3 Å². The second kappa shape index (κ2) is 7.73. The number of halogens is 1. The molecule has 1 saturated carbocycles. The first-order valence-corrected chi connectivity index (χ1v) is 11.2. The van der Waals surface area contributed by atoms with E-state index in [4.69, 9.17) is 16.8 Å². The van der Waals surface area contributed by atoms with Crippen LogP contribution in [0, 0.1) is 5.92 Å². The number of hydrogen-bond acceptors (Lipinski definition) is 8. The fourth-order valence-electron chi connectivity index (χ4n) is 3.35. The van der Waals surface area contributed by atoms with Crippen LogP contribution >= 0.6 is 23.4 Å². The van der Waals surface area contributed by atoms with Gasteiger partial charge in [-0.05, 0) is 24.1 Å². The van der Waals surface area contributed by atoms with E-state index in [0.29, 0.717) is 12.0 Å². The maximum atomic E-state index is 12.8. The van der Waals surface area contributed by atoms with Gasteiger partial charge < -0.3 is 5.21 Å². The minimum Gasteiger partial charge on any atom is -0.411 e. The number of nitrogens with zero attached hydrogens (tertiary/aromatic N) is 1. The van der Waals surface area contributed by atoms with Crippen molar-refractivity contribution < 1.29 is 28.0 Å². The number of rotatable bonds is 5. The Hall–Kier alpha value is -1.71. The molecule has 0 aromatic heterocycles. The number of sulfone groups is 1. The summed E-state index contributed by atoms with van der Waals surface area (Å²) in [4.78, 5) is 36.9. The van der Waals surface area contributed by atoms with Crippen molar-refractivity contribution in [1.82, 2.24) is 0 Å². The van der Waals surface area contributed by atoms with Crippen LogP contribution in [0.15, 0.2) is 22.2 Å². The molecule has 1 heterocycles. The lowest BCUT2D eigenvalue weighted by Crippen LogP contribution is -2.35. The molecule has 144 valence electrons. The molecule has 0 saturated heterocycles. The van der Waals surface area contributed by atoms with Crippen molar-refractivity contribution in [2.75, 3.05) is 5.75 Å². The van der Waals surface area contributed by atoms with Crippen molar-refractivity contribution in [3.8, 4) is 0 Å². The number of oxime groups is 1. The number of carbonyl (C=O) groups excluding carboxylic acids is 3. The highest BCUT2D eigenvalue weighted by Crippen LogP contribution is 2.42. The average Bonchev–Trinajstić information content (AvgIpc) is 2.87. The molecule has 0 bridgehead atoms. The van der Waals surface area contributed by atoms with Gasteiger partial charge in [-0.2, -0.15) is 0 Å². The summed E-state index contributed by atoms with van der Waals surface area (Å²) in [6, 6.07) is 2.58. The number of benzene rings is 1. The van der Waals surface area contributed by atoms with Crippen LogP contribution in [0.3, 0.4) is 0 Å². The van der Waals surface area contributed by atoms with Gasteiger partial charge in [-0.15, -0.1) is 16.9 Å². The summed E-state index contributed by atoms with van der Waals surface area (Å²) < 4.78 is 24.5. The Kier molecular flexibility index (Phi) is 5.73. The van der Waals surface area contributed by atoms with Crippen molar-refractivity contribution in [2.45, 2.75) is 35.2 Å². The third kappa shape index (κ3) is 3.55. The number of hydrogen-bond donors (Lipinski definition) is 1. The molecule has 2 aliphatic rings. The summed E-state index contributed by atoms with van der Waals surface area (Å²) in [6.45, 7) is 0. The number of thioether (sulfide) groups is 1. The van der Waals surface area contributed by atoms with Crippen LogP contribution in [0.25, 0.3) is 0 Å². The van der Waals surface area contributed by atoms with E-state index in [-0.39, 0.29) is 40.5 Å². The Morgan fingerprint density at radius 3 is 2.59 bits per heavy atom. The van der Waals surface area contributed by atoms with Gasteiger partial charge in [0.25, 0.3) is 0 Å². The molecule has 1 N–H and O–H groups in total. The average molecular weight is 430 g/mol. The summed E-state index contributed by atoms with van der Waals surface area (Å²) in [5.41, 5.74) is 0.318. The molecule has 7 nitrogen and oxygen atoms in total. The van der Waals surface area contributed by atoms with E-state index in [1.807, 2.05) is 0 Å². The number of ketones is 3. The minimum absolute atomic E-state index is 0.00165. The van der Waals surface area contributed by atoms with Crippen LogP contribution in [-0.4, -0.2) is 47.5 Å². The Balaban J connectivity index is 1.95. The van der Waals surface area contributed by atoms with Crippen LogP contribution in [0.5, 0.6) is 0 Å². The number of fused-ring (bicyclic) bond motifs is 1. The van der Waals surface area contributed by atoms with Gasteiger partial charge in [0, 0.05) is 30.6 Å². The maximum Gasteiger partial charge on any atom is 0.191 e. The molecule has 1 fully saturated rings. The molecule has 0 radical (unpaired) electrons. The van der Waals surface area contributed by atoms with Crippen LogP contribution in [-0.2, 0) is 25.8 Å². The lowest BCUT2D eigenvalue weighted by Gasteiger charge is -2.19. The quantitative estimate of drug-likeness (QED) is 0.251. The highest BCUT2D eigenvalue weighted by atomic mass is 35.5. The number of carbonyl (C=O) groups is 3. The standard InChI is InChI=1S/C17H16ClNO6S2/c18-16-9(17(22)15-11(20)2-1-3-12(15)21)4-5-13-10(16)8-14(27(13,24)25)26-7-6-19-23/h4-6,14-15,23H,1-3,7-8H2/b19-6+. The molecule has 27 heavy (non-hydrogen) atoms. The SMILES string of the molecule is O=C1CCCC(=O)C1C(=O)c1ccc2c(c1Cl)CC(SC/C=N/O)S2(=O)=O. The minimum atomic E-state index is -3.65. The van der Waals surface area contributed by atoms with Gasteiger partial charge in [0.05, 0.1) is 16.1 Å². The Morgan fingerprint density at radius 1 is 1.30 bits per heavy atom. The van der Waals surface area contributed by atoms with E-state index in [0.717, 1.165) is 11.8 Å². The zero-order chi connectivity index (χ0) is 19.8. The molecular formula is C17H16ClNO6S2. The summed E-state index contributed by atoms with van der Waals surface area (Å²) >= 11 is 7.41. The first kappa shape index (κ1) is 20.0. The molecule has 10 heteroatoms. The first-order valence-electron chi connectivity index (χ1n) is 8.21. The van der Waals surface area contributed by atoms with E-state index < -0.39 is 37.7 Å². The van der Waals surface area contributed by atoms with Gasteiger partial charge in [0.15, 0.2) is 27.2 Å². The van der Waals surface area contributed by atoms with E-state index >= 15 is 0 Å². The van der Waals surface area contributed by atoms with Crippen LogP contribution in [0.2, 0.25) is 5.02 Å². The topological polar surface area (TPSA) is 118 Å². The van der Waals surface area contributed by atoms with Gasteiger partial charge in [0.2, 0.25) is 0 Å². The third-order valence-electron chi connectivity index (χ3n) is 4.68. The lowest BCUT2D eigenvalue weighted by atomic mass is 9.81. The summed E-state index contributed by atoms with van der Waals surface area (Å²) in [5.74, 6) is -2.66. The van der Waals surface area contributed by atoms with E-state index in [1.165, 1.54) is 18.3 Å². The summed E-state index contributed by atoms with van der Waals surface area (Å²) in [5, 5.41) is 11.3. The first-order chi connectivity index (χ1) is 12.8. The molecule has 1 atom stereocenters. The zero-order valence-electron chi connectivity index (χ0n) is 14.1. The molecular weight excluding hydrogens is 414 g/mol. The predicted molar refractivity (Wildman–Crippen MR) is 101 cm³/mol. The van der Waals surface area contributed by atoms with Gasteiger partial charge in [-0.1, -0.05) is 11.6 Å². The van der Waals surface area contributed by atoms with Gasteiger partial charge in [-0.3, -0.25) is 14.4 Å². The Labute approximate surface area is 165 Å². The second-order valence-corrected chi connectivity index (χ2v) is 10.3. The summed E-state index contributed by atoms with van der Waals surface area (Å²) in [6.07, 6.45) is 2.05. The zero-order valence-corrected chi connectivity index (χ0v) is 16.4. The van der Waals surface area contributed by atoms with Gasteiger partial charge >= 0.3 is 0 Å². The third-order valence-corrected chi connectivity index (χ3v) is 9.01. The fourth-order valence-corrected chi connectivity index (χ4v) is 7.12. The molecule has 1 aromatic carbocycles. The van der Waals surface area contributed by atoms with E-state index in [2.05, 4.69) is 5.16 Å². The second-order valence-electron chi connectivity index (χ2n) is 6.30. The highest BCUT2D eigenvalue weighted by Gasteiger charge is 2.42. The van der Waals surface area contributed by atoms with Gasteiger partial charge in [0.1, 0.15) is 10.5 Å². The molecule has 1 aromatic rings.